The van der Waals surface area contributed by atoms with Gasteiger partial charge in [0.15, 0.2) is 17.5 Å². The lowest BCUT2D eigenvalue weighted by molar-refractivity contribution is 0.452. The molecule has 6 heteroatoms. The molecule has 1 aromatic carbocycles. The molecule has 0 N–H and O–H groups in total. The lowest BCUT2D eigenvalue weighted by atomic mass is 10.1. The van der Waals surface area contributed by atoms with Gasteiger partial charge < -0.3 is 0 Å². The molecule has 0 unspecified atom stereocenters. The third-order valence-corrected chi connectivity index (χ3v) is 4.25. The van der Waals surface area contributed by atoms with Gasteiger partial charge in [0, 0.05) is 21.7 Å². The Morgan fingerprint density at radius 3 is 2.60 bits per heavy atom. The highest BCUT2D eigenvalue weighted by atomic mass is 79.9. The zero-order valence-corrected chi connectivity index (χ0v) is 12.4. The summed E-state index contributed by atoms with van der Waals surface area (Å²) in [6.45, 7) is 0. The first-order valence-corrected chi connectivity index (χ1v) is 7.74. The van der Waals surface area contributed by atoms with Gasteiger partial charge in [-0.25, -0.2) is 18.2 Å². The first-order chi connectivity index (χ1) is 9.61. The first kappa shape index (κ1) is 13.6. The van der Waals surface area contributed by atoms with Gasteiger partial charge in [-0.2, -0.15) is 11.3 Å². The maximum Gasteiger partial charge on any atom is 0.196 e. The summed E-state index contributed by atoms with van der Waals surface area (Å²) in [4.78, 5) is 4.18. The fourth-order valence-electron chi connectivity index (χ4n) is 2.02. The number of benzene rings is 1. The van der Waals surface area contributed by atoms with Gasteiger partial charge in [-0.3, -0.25) is 0 Å². The maximum atomic E-state index is 13.8. The molecule has 20 heavy (non-hydrogen) atoms. The van der Waals surface area contributed by atoms with Crippen LogP contribution in [0.3, 0.4) is 0 Å². The van der Waals surface area contributed by atoms with Crippen molar-refractivity contribution < 1.29 is 13.2 Å². The Balaban J connectivity index is 2.37. The van der Waals surface area contributed by atoms with E-state index in [-0.39, 0.29) is 10.9 Å². The van der Waals surface area contributed by atoms with E-state index >= 15 is 0 Å². The van der Waals surface area contributed by atoms with Crippen LogP contribution in [0, 0.1) is 17.5 Å². The molecule has 0 fully saturated rings. The van der Waals surface area contributed by atoms with Gasteiger partial charge in [0.2, 0.25) is 0 Å². The van der Waals surface area contributed by atoms with E-state index in [0.29, 0.717) is 11.0 Å². The van der Waals surface area contributed by atoms with Gasteiger partial charge >= 0.3 is 0 Å². The normalized spacial score (nSPS) is 11.2. The number of hydrogen-bond donors (Lipinski definition) is 0. The summed E-state index contributed by atoms with van der Waals surface area (Å²) in [6.07, 6.45) is 0. The monoisotopic (exact) mass is 357 g/mol. The second-order valence-corrected chi connectivity index (χ2v) is 5.54. The molecule has 102 valence electrons. The highest BCUT2D eigenvalue weighted by Gasteiger charge is 2.17. The van der Waals surface area contributed by atoms with Crippen molar-refractivity contribution in [1.29, 1.82) is 0 Å². The van der Waals surface area contributed by atoms with E-state index in [0.717, 1.165) is 17.2 Å². The van der Waals surface area contributed by atoms with E-state index in [2.05, 4.69) is 20.9 Å². The number of nitrogens with zero attached hydrogens (tertiary/aromatic N) is 1. The van der Waals surface area contributed by atoms with E-state index in [1.165, 1.54) is 11.3 Å². The Labute approximate surface area is 125 Å². The van der Waals surface area contributed by atoms with Crippen molar-refractivity contribution in [2.24, 2.45) is 0 Å². The third-order valence-electron chi connectivity index (χ3n) is 2.96. The van der Waals surface area contributed by atoms with E-state index in [9.17, 15) is 13.2 Å². The minimum atomic E-state index is -1.49. The number of thiophene rings is 1. The van der Waals surface area contributed by atoms with Crippen LogP contribution in [0.25, 0.3) is 22.2 Å². The first-order valence-electron chi connectivity index (χ1n) is 5.67. The van der Waals surface area contributed by atoms with Crippen LogP contribution < -0.4 is 0 Å². The van der Waals surface area contributed by atoms with Crippen LogP contribution in [-0.4, -0.2) is 4.98 Å². The summed E-state index contributed by atoms with van der Waals surface area (Å²) in [5, 5.41) is 4.48. The lowest BCUT2D eigenvalue weighted by Crippen LogP contribution is -1.98. The summed E-state index contributed by atoms with van der Waals surface area (Å²) in [5.41, 5.74) is 2.03. The Morgan fingerprint density at radius 2 is 1.95 bits per heavy atom. The van der Waals surface area contributed by atoms with Crippen LogP contribution in [0.15, 0.2) is 29.0 Å². The quantitative estimate of drug-likeness (QED) is 0.449. The molecule has 2 aromatic heterocycles. The molecule has 0 radical (unpaired) electrons. The predicted molar refractivity (Wildman–Crippen MR) is 77.6 cm³/mol. The maximum absolute atomic E-state index is 13.8. The van der Waals surface area contributed by atoms with Crippen LogP contribution in [0.5, 0.6) is 0 Å². The smallest absolute Gasteiger partial charge is 0.196 e. The lowest BCUT2D eigenvalue weighted by Gasteiger charge is -2.09. The van der Waals surface area contributed by atoms with E-state index in [1.54, 1.807) is 6.07 Å². The molecule has 0 amide bonds. The third kappa shape index (κ3) is 2.13. The summed E-state index contributed by atoms with van der Waals surface area (Å²) in [6, 6.07) is 4.43. The molecule has 0 spiro atoms. The molecule has 1 nitrogen and oxygen atoms in total. The fourth-order valence-corrected chi connectivity index (χ4v) is 3.09. The van der Waals surface area contributed by atoms with Crippen molar-refractivity contribution in [3.8, 4) is 11.3 Å². The topological polar surface area (TPSA) is 12.9 Å². The van der Waals surface area contributed by atoms with Crippen LogP contribution in [0.2, 0.25) is 0 Å². The Morgan fingerprint density at radius 1 is 1.15 bits per heavy atom. The van der Waals surface area contributed by atoms with E-state index in [4.69, 9.17) is 0 Å². The predicted octanol–water partition coefficient (Wildman–Crippen LogP) is 5.28. The molecule has 0 saturated carbocycles. The number of alkyl halides is 1. The van der Waals surface area contributed by atoms with Crippen molar-refractivity contribution in [3.63, 3.8) is 0 Å². The second kappa shape index (κ2) is 5.18. The standard InChI is InChI=1S/C14H7BrF3NS/c15-5-9-3-8-4-10(16)11(17)12(18)14(8)19-13(9)7-1-2-20-6-7/h1-4,6H,5H2. The molecule has 0 bridgehead atoms. The molecule has 0 saturated heterocycles. The Kier molecular flexibility index (Phi) is 3.52. The van der Waals surface area contributed by atoms with Crippen molar-refractivity contribution in [2.45, 2.75) is 5.33 Å². The number of hydrogen-bond acceptors (Lipinski definition) is 2. The van der Waals surface area contributed by atoms with E-state index < -0.39 is 17.5 Å². The molecule has 0 aliphatic carbocycles. The number of halogens is 4. The highest BCUT2D eigenvalue weighted by Crippen LogP contribution is 2.31. The van der Waals surface area contributed by atoms with Crippen LogP contribution in [0.4, 0.5) is 13.2 Å². The van der Waals surface area contributed by atoms with Crippen molar-refractivity contribution in [1.82, 2.24) is 4.98 Å². The summed E-state index contributed by atoms with van der Waals surface area (Å²) >= 11 is 4.82. The number of pyridine rings is 1. The van der Waals surface area contributed by atoms with Gasteiger partial charge in [-0.1, -0.05) is 15.9 Å². The SMILES string of the molecule is Fc1cc2cc(CBr)c(-c3ccsc3)nc2c(F)c1F. The highest BCUT2D eigenvalue weighted by molar-refractivity contribution is 9.08. The molecule has 0 aliphatic heterocycles. The molecular formula is C14H7BrF3NS. The molecule has 3 rings (SSSR count). The summed E-state index contributed by atoms with van der Waals surface area (Å²) < 4.78 is 40.4. The summed E-state index contributed by atoms with van der Waals surface area (Å²) in [5.74, 6) is -3.95. The van der Waals surface area contributed by atoms with Gasteiger partial charge in [0.1, 0.15) is 5.52 Å². The molecule has 3 aromatic rings. The fraction of sp³-hybridized carbons (Fsp3) is 0.0714. The molecule has 2 heterocycles. The molecule has 0 atom stereocenters. The number of rotatable bonds is 2. The number of fused-ring (bicyclic) bond motifs is 1. The number of aromatic nitrogens is 1. The average Bonchev–Trinajstić information content (AvgIpc) is 2.98. The Hall–Kier alpha value is -1.40. The van der Waals surface area contributed by atoms with Crippen molar-refractivity contribution in [2.75, 3.05) is 0 Å². The van der Waals surface area contributed by atoms with Crippen molar-refractivity contribution in [3.05, 3.63) is 52.0 Å². The van der Waals surface area contributed by atoms with Gasteiger partial charge in [-0.15, -0.1) is 0 Å². The van der Waals surface area contributed by atoms with Gasteiger partial charge in [0.05, 0.1) is 5.69 Å². The minimum Gasteiger partial charge on any atom is -0.244 e. The molecular weight excluding hydrogens is 351 g/mol. The summed E-state index contributed by atoms with van der Waals surface area (Å²) in [7, 11) is 0. The van der Waals surface area contributed by atoms with Gasteiger partial charge in [-0.05, 0) is 29.1 Å². The zero-order chi connectivity index (χ0) is 14.3. The zero-order valence-electron chi connectivity index (χ0n) is 9.96. The van der Waals surface area contributed by atoms with Gasteiger partial charge in [0.25, 0.3) is 0 Å². The Bertz CT molecular complexity index is 787. The largest absolute Gasteiger partial charge is 0.244 e. The van der Waals surface area contributed by atoms with Crippen LogP contribution in [-0.2, 0) is 5.33 Å². The van der Waals surface area contributed by atoms with Crippen LogP contribution >= 0.6 is 27.3 Å². The van der Waals surface area contributed by atoms with Crippen LogP contribution in [0.1, 0.15) is 5.56 Å². The van der Waals surface area contributed by atoms with E-state index in [1.807, 2.05) is 16.8 Å². The molecule has 0 aliphatic rings. The minimum absolute atomic E-state index is 0.158. The average molecular weight is 358 g/mol. The van der Waals surface area contributed by atoms with Crippen molar-refractivity contribution >= 4 is 38.2 Å². The second-order valence-electron chi connectivity index (χ2n) is 4.20.